The Balaban J connectivity index is 3.32. The van der Waals surface area contributed by atoms with Crippen LogP contribution in [0.25, 0.3) is 0 Å². The van der Waals surface area contributed by atoms with Crippen molar-refractivity contribution in [3.05, 3.63) is 17.1 Å². The van der Waals surface area contributed by atoms with Crippen molar-refractivity contribution < 1.29 is 14.3 Å². The molecule has 0 atom stereocenters. The number of esters is 1. The number of aryl methyl sites for hydroxylation is 1. The molecule has 21 heavy (non-hydrogen) atoms. The molecule has 0 unspecified atom stereocenters. The van der Waals surface area contributed by atoms with Crippen molar-refractivity contribution in [2.45, 2.75) is 53.1 Å². The van der Waals surface area contributed by atoms with Gasteiger partial charge in [-0.05, 0) is 33.6 Å². The molecule has 0 bridgehead atoms. The molecule has 118 valence electrons. The van der Waals surface area contributed by atoms with E-state index in [0.29, 0.717) is 18.1 Å². The zero-order valence-corrected chi connectivity index (χ0v) is 13.5. The third-order valence-electron chi connectivity index (χ3n) is 3.57. The van der Waals surface area contributed by atoms with E-state index in [1.165, 1.54) is 0 Å². The molecular weight excluding hydrogens is 270 g/mol. The number of nitrogen functional groups attached to an aromatic ring is 1. The molecule has 6 heteroatoms. The van der Waals surface area contributed by atoms with E-state index in [4.69, 9.17) is 15.2 Å². The van der Waals surface area contributed by atoms with E-state index in [-0.39, 0.29) is 18.0 Å². The van der Waals surface area contributed by atoms with E-state index in [1.54, 1.807) is 13.8 Å². The lowest BCUT2D eigenvalue weighted by molar-refractivity contribution is -0.0572. The van der Waals surface area contributed by atoms with Crippen LogP contribution < -0.4 is 5.73 Å². The van der Waals surface area contributed by atoms with Crippen LogP contribution in [0.2, 0.25) is 0 Å². The van der Waals surface area contributed by atoms with E-state index in [2.05, 4.69) is 9.97 Å². The van der Waals surface area contributed by atoms with Crippen molar-refractivity contribution in [2.24, 2.45) is 0 Å². The largest absolute Gasteiger partial charge is 0.462 e. The number of carbonyl (C=O) groups is 1. The van der Waals surface area contributed by atoms with Crippen LogP contribution in [0.15, 0.2) is 0 Å². The molecule has 1 rings (SSSR count). The molecule has 6 nitrogen and oxygen atoms in total. The first-order chi connectivity index (χ1) is 9.95. The van der Waals surface area contributed by atoms with Crippen molar-refractivity contribution in [3.63, 3.8) is 0 Å². The highest BCUT2D eigenvalue weighted by Crippen LogP contribution is 2.32. The summed E-state index contributed by atoms with van der Waals surface area (Å²) in [6.45, 7) is 10.3. The van der Waals surface area contributed by atoms with Crippen molar-refractivity contribution >= 4 is 11.8 Å². The van der Waals surface area contributed by atoms with Gasteiger partial charge in [-0.1, -0.05) is 13.8 Å². The highest BCUT2D eigenvalue weighted by molar-refractivity contribution is 5.95. The van der Waals surface area contributed by atoms with Crippen LogP contribution in [-0.2, 0) is 15.1 Å². The highest BCUT2D eigenvalue weighted by Gasteiger charge is 2.34. The van der Waals surface area contributed by atoms with E-state index in [0.717, 1.165) is 12.8 Å². The van der Waals surface area contributed by atoms with Crippen LogP contribution in [0.4, 0.5) is 5.82 Å². The van der Waals surface area contributed by atoms with Gasteiger partial charge in [-0.3, -0.25) is 0 Å². The molecule has 0 saturated heterocycles. The van der Waals surface area contributed by atoms with E-state index < -0.39 is 11.6 Å². The van der Waals surface area contributed by atoms with Crippen molar-refractivity contribution in [1.29, 1.82) is 0 Å². The number of nitrogens with two attached hydrogens (primary N) is 1. The fourth-order valence-corrected chi connectivity index (χ4v) is 2.37. The third-order valence-corrected chi connectivity index (χ3v) is 3.57. The van der Waals surface area contributed by atoms with Crippen LogP contribution in [0.3, 0.4) is 0 Å². The molecule has 0 fully saturated rings. The van der Waals surface area contributed by atoms with Gasteiger partial charge in [0.25, 0.3) is 0 Å². The summed E-state index contributed by atoms with van der Waals surface area (Å²) in [5.41, 5.74) is 6.13. The zero-order chi connectivity index (χ0) is 16.0. The van der Waals surface area contributed by atoms with E-state index in [9.17, 15) is 4.79 Å². The Hall–Kier alpha value is -1.69. The van der Waals surface area contributed by atoms with Gasteiger partial charge in [0.1, 0.15) is 17.0 Å². The quantitative estimate of drug-likeness (QED) is 0.778. The Morgan fingerprint density at radius 3 is 2.19 bits per heavy atom. The molecule has 0 aromatic carbocycles. The predicted octanol–water partition coefficient (Wildman–Crippen LogP) is 2.60. The van der Waals surface area contributed by atoms with Crippen molar-refractivity contribution in [2.75, 3.05) is 18.9 Å². The first kappa shape index (κ1) is 17.4. The first-order valence-electron chi connectivity index (χ1n) is 7.41. The minimum absolute atomic E-state index is 0.141. The van der Waals surface area contributed by atoms with Crippen LogP contribution in [0.1, 0.15) is 62.4 Å². The van der Waals surface area contributed by atoms with Crippen LogP contribution in [0.5, 0.6) is 0 Å². The highest BCUT2D eigenvalue weighted by atomic mass is 16.5. The zero-order valence-electron chi connectivity index (χ0n) is 13.5. The topological polar surface area (TPSA) is 87.3 Å². The molecule has 2 N–H and O–H groups in total. The smallest absolute Gasteiger partial charge is 0.343 e. The number of ether oxygens (including phenoxy) is 2. The average Bonchev–Trinajstić information content (AvgIpc) is 2.44. The fraction of sp³-hybridized carbons (Fsp3) is 0.667. The van der Waals surface area contributed by atoms with Gasteiger partial charge in [0.2, 0.25) is 0 Å². The molecular formula is C15H25N3O3. The molecule has 0 aliphatic rings. The monoisotopic (exact) mass is 295 g/mol. The lowest BCUT2D eigenvalue weighted by Gasteiger charge is -2.30. The van der Waals surface area contributed by atoms with Gasteiger partial charge in [0, 0.05) is 6.61 Å². The summed E-state index contributed by atoms with van der Waals surface area (Å²) in [7, 11) is 0. The Morgan fingerprint density at radius 1 is 1.14 bits per heavy atom. The standard InChI is InChI=1S/C15H25N3O3/c1-6-15(7-2,21-9-4)14-17-10(5)11(12(16)18-14)13(19)20-8-3/h6-9H2,1-5H3,(H2,16,17,18). The Kier molecular flexibility index (Phi) is 6.08. The number of rotatable bonds is 7. The summed E-state index contributed by atoms with van der Waals surface area (Å²) >= 11 is 0. The summed E-state index contributed by atoms with van der Waals surface area (Å²) in [4.78, 5) is 20.7. The van der Waals surface area contributed by atoms with Crippen molar-refractivity contribution in [3.8, 4) is 0 Å². The van der Waals surface area contributed by atoms with Gasteiger partial charge >= 0.3 is 5.97 Å². The summed E-state index contributed by atoms with van der Waals surface area (Å²) in [5, 5.41) is 0. The third kappa shape index (κ3) is 3.50. The normalized spacial score (nSPS) is 11.5. The summed E-state index contributed by atoms with van der Waals surface area (Å²) in [6.07, 6.45) is 1.46. The predicted molar refractivity (Wildman–Crippen MR) is 81.0 cm³/mol. The maximum atomic E-state index is 11.9. The van der Waals surface area contributed by atoms with E-state index >= 15 is 0 Å². The lowest BCUT2D eigenvalue weighted by Crippen LogP contribution is -2.32. The maximum absolute atomic E-state index is 11.9. The minimum atomic E-state index is -0.569. The van der Waals surface area contributed by atoms with Crippen LogP contribution >= 0.6 is 0 Å². The summed E-state index contributed by atoms with van der Waals surface area (Å²) in [5.74, 6) is 0.174. The second-order valence-electron chi connectivity index (χ2n) is 4.75. The Morgan fingerprint density at radius 2 is 1.76 bits per heavy atom. The number of nitrogens with zero attached hydrogens (tertiary/aromatic N) is 2. The minimum Gasteiger partial charge on any atom is -0.462 e. The fourth-order valence-electron chi connectivity index (χ4n) is 2.37. The van der Waals surface area contributed by atoms with E-state index in [1.807, 2.05) is 20.8 Å². The van der Waals surface area contributed by atoms with Crippen molar-refractivity contribution in [1.82, 2.24) is 9.97 Å². The summed E-state index contributed by atoms with van der Waals surface area (Å²) < 4.78 is 10.9. The SMILES string of the molecule is CCOC(=O)c1c(C)nc(C(CC)(CC)OCC)nc1N. The number of carbonyl (C=O) groups excluding carboxylic acids is 1. The number of hydrogen-bond donors (Lipinski definition) is 1. The summed E-state index contributed by atoms with van der Waals surface area (Å²) in [6, 6.07) is 0. The Bertz CT molecular complexity index is 476. The molecule has 0 radical (unpaired) electrons. The van der Waals surface area contributed by atoms with Crippen LogP contribution in [0, 0.1) is 6.92 Å². The number of aromatic nitrogens is 2. The molecule has 0 amide bonds. The van der Waals surface area contributed by atoms with Crippen LogP contribution in [-0.4, -0.2) is 29.2 Å². The Labute approximate surface area is 126 Å². The van der Waals surface area contributed by atoms with Gasteiger partial charge in [-0.25, -0.2) is 14.8 Å². The molecule has 1 heterocycles. The van der Waals surface area contributed by atoms with Gasteiger partial charge < -0.3 is 15.2 Å². The molecule has 1 aromatic heterocycles. The van der Waals surface area contributed by atoms with Gasteiger partial charge in [0.05, 0.1) is 12.3 Å². The van der Waals surface area contributed by atoms with Gasteiger partial charge in [-0.2, -0.15) is 0 Å². The molecule has 0 aliphatic heterocycles. The first-order valence-corrected chi connectivity index (χ1v) is 7.41. The number of hydrogen-bond acceptors (Lipinski definition) is 6. The molecule has 0 spiro atoms. The number of anilines is 1. The molecule has 1 aromatic rings. The second kappa shape index (κ2) is 7.36. The average molecular weight is 295 g/mol. The molecule has 0 aliphatic carbocycles. The second-order valence-corrected chi connectivity index (χ2v) is 4.75. The van der Waals surface area contributed by atoms with Gasteiger partial charge in [0.15, 0.2) is 5.82 Å². The molecule has 0 saturated carbocycles. The maximum Gasteiger partial charge on any atom is 0.343 e. The van der Waals surface area contributed by atoms with Gasteiger partial charge in [-0.15, -0.1) is 0 Å². The lowest BCUT2D eigenvalue weighted by atomic mass is 9.95.